The average molecular weight is 239 g/mol. The number of hydrogen-bond acceptors (Lipinski definition) is 1. The van der Waals surface area contributed by atoms with Crippen LogP contribution in [0.4, 0.5) is 13.2 Å². The molecule has 1 nitrogen and oxygen atoms in total. The lowest BCUT2D eigenvalue weighted by atomic mass is 10.0. The molecule has 15 heavy (non-hydrogen) atoms. The van der Waals surface area contributed by atoms with E-state index in [1.807, 2.05) is 13.8 Å². The van der Waals surface area contributed by atoms with Crippen LogP contribution in [-0.4, -0.2) is 6.36 Å². The number of ether oxygens (including phenoxy) is 1. The molecule has 0 fully saturated rings. The SMILES string of the molecule is CC(C)c1cc(OC(F)(F)F)ccc1Cl. The summed E-state index contributed by atoms with van der Waals surface area (Å²) in [6.45, 7) is 3.69. The molecular weight excluding hydrogens is 229 g/mol. The molecule has 84 valence electrons. The van der Waals surface area contributed by atoms with E-state index in [2.05, 4.69) is 4.74 Å². The second kappa shape index (κ2) is 4.31. The van der Waals surface area contributed by atoms with Crippen molar-refractivity contribution in [1.82, 2.24) is 0 Å². The van der Waals surface area contributed by atoms with Crippen molar-refractivity contribution in [3.05, 3.63) is 28.8 Å². The van der Waals surface area contributed by atoms with Gasteiger partial charge < -0.3 is 4.74 Å². The molecule has 0 N–H and O–H groups in total. The van der Waals surface area contributed by atoms with Gasteiger partial charge in [0.2, 0.25) is 0 Å². The van der Waals surface area contributed by atoms with E-state index in [-0.39, 0.29) is 11.7 Å². The molecule has 5 heteroatoms. The van der Waals surface area contributed by atoms with Crippen molar-refractivity contribution < 1.29 is 17.9 Å². The normalized spacial score (nSPS) is 11.9. The van der Waals surface area contributed by atoms with E-state index in [4.69, 9.17) is 11.6 Å². The summed E-state index contributed by atoms with van der Waals surface area (Å²) in [5, 5.41) is 0.444. The summed E-state index contributed by atoms with van der Waals surface area (Å²) in [5.41, 5.74) is 0.637. The van der Waals surface area contributed by atoms with Crippen molar-refractivity contribution in [3.63, 3.8) is 0 Å². The Kier molecular flexibility index (Phi) is 3.50. The minimum Gasteiger partial charge on any atom is -0.406 e. The van der Waals surface area contributed by atoms with Crippen molar-refractivity contribution in [3.8, 4) is 5.75 Å². The Morgan fingerprint density at radius 3 is 2.33 bits per heavy atom. The Morgan fingerprint density at radius 1 is 1.27 bits per heavy atom. The Hall–Kier alpha value is -0.900. The van der Waals surface area contributed by atoms with Crippen LogP contribution in [0.1, 0.15) is 25.3 Å². The lowest BCUT2D eigenvalue weighted by molar-refractivity contribution is -0.274. The van der Waals surface area contributed by atoms with Crippen molar-refractivity contribution in [2.24, 2.45) is 0 Å². The summed E-state index contributed by atoms with van der Waals surface area (Å²) in [6, 6.07) is 3.90. The Balaban J connectivity index is 2.98. The molecular formula is C10H10ClF3O. The van der Waals surface area contributed by atoms with E-state index in [0.29, 0.717) is 10.6 Å². The van der Waals surface area contributed by atoms with Gasteiger partial charge in [0.25, 0.3) is 0 Å². The minimum atomic E-state index is -4.66. The predicted octanol–water partition coefficient (Wildman–Crippen LogP) is 4.36. The highest BCUT2D eigenvalue weighted by molar-refractivity contribution is 6.31. The van der Waals surface area contributed by atoms with Crippen LogP contribution in [0.3, 0.4) is 0 Å². The first-order valence-electron chi connectivity index (χ1n) is 4.35. The zero-order valence-corrected chi connectivity index (χ0v) is 8.99. The van der Waals surface area contributed by atoms with Crippen molar-refractivity contribution in [2.75, 3.05) is 0 Å². The fourth-order valence-corrected chi connectivity index (χ4v) is 1.50. The lowest BCUT2D eigenvalue weighted by Crippen LogP contribution is -2.17. The fraction of sp³-hybridized carbons (Fsp3) is 0.400. The van der Waals surface area contributed by atoms with Crippen LogP contribution >= 0.6 is 11.6 Å². The molecule has 1 rings (SSSR count). The summed E-state index contributed by atoms with van der Waals surface area (Å²) in [4.78, 5) is 0. The molecule has 0 bridgehead atoms. The zero-order valence-electron chi connectivity index (χ0n) is 8.23. The van der Waals surface area contributed by atoms with Gasteiger partial charge in [-0.15, -0.1) is 13.2 Å². The first-order chi connectivity index (χ1) is 6.79. The molecule has 0 unspecified atom stereocenters. The highest BCUT2D eigenvalue weighted by Crippen LogP contribution is 2.30. The molecule has 1 aromatic carbocycles. The van der Waals surface area contributed by atoms with Gasteiger partial charge in [-0.3, -0.25) is 0 Å². The molecule has 1 aromatic rings. The molecule has 0 saturated carbocycles. The van der Waals surface area contributed by atoms with Gasteiger partial charge in [-0.2, -0.15) is 0 Å². The third-order valence-electron chi connectivity index (χ3n) is 1.82. The third kappa shape index (κ3) is 3.63. The van der Waals surface area contributed by atoms with Gasteiger partial charge in [-0.1, -0.05) is 25.4 Å². The second-order valence-electron chi connectivity index (χ2n) is 3.39. The van der Waals surface area contributed by atoms with Crippen LogP contribution in [0.2, 0.25) is 5.02 Å². The summed E-state index contributed by atoms with van der Waals surface area (Å²) in [5.74, 6) is -0.190. The van der Waals surface area contributed by atoms with E-state index in [1.54, 1.807) is 0 Å². The van der Waals surface area contributed by atoms with Gasteiger partial charge in [-0.05, 0) is 29.7 Å². The van der Waals surface area contributed by atoms with Crippen LogP contribution in [0.25, 0.3) is 0 Å². The van der Waals surface area contributed by atoms with Crippen LogP contribution < -0.4 is 4.74 Å². The van der Waals surface area contributed by atoms with E-state index in [1.165, 1.54) is 18.2 Å². The molecule has 0 spiro atoms. The number of benzene rings is 1. The number of rotatable bonds is 2. The highest BCUT2D eigenvalue weighted by atomic mass is 35.5. The van der Waals surface area contributed by atoms with Crippen molar-refractivity contribution in [2.45, 2.75) is 26.1 Å². The molecule has 0 aliphatic carbocycles. The summed E-state index contributed by atoms with van der Waals surface area (Å²) < 4.78 is 39.5. The highest BCUT2D eigenvalue weighted by Gasteiger charge is 2.31. The largest absolute Gasteiger partial charge is 0.573 e. The van der Waals surface area contributed by atoms with Gasteiger partial charge in [0.15, 0.2) is 0 Å². The number of hydrogen-bond donors (Lipinski definition) is 0. The van der Waals surface area contributed by atoms with Crippen LogP contribution in [0, 0.1) is 0 Å². The first-order valence-corrected chi connectivity index (χ1v) is 4.72. The average Bonchev–Trinajstić information content (AvgIpc) is 2.05. The van der Waals surface area contributed by atoms with Crippen molar-refractivity contribution in [1.29, 1.82) is 0 Å². The second-order valence-corrected chi connectivity index (χ2v) is 3.79. The van der Waals surface area contributed by atoms with Gasteiger partial charge in [0.05, 0.1) is 0 Å². The van der Waals surface area contributed by atoms with E-state index >= 15 is 0 Å². The molecule has 0 heterocycles. The maximum absolute atomic E-state index is 11.9. The smallest absolute Gasteiger partial charge is 0.406 e. The molecule has 0 amide bonds. The maximum Gasteiger partial charge on any atom is 0.573 e. The monoisotopic (exact) mass is 238 g/mol. The number of halogens is 4. The van der Waals surface area contributed by atoms with Gasteiger partial charge in [0, 0.05) is 5.02 Å². The van der Waals surface area contributed by atoms with E-state index in [0.717, 1.165) is 0 Å². The van der Waals surface area contributed by atoms with E-state index in [9.17, 15) is 13.2 Å². The van der Waals surface area contributed by atoms with Crippen LogP contribution in [0.5, 0.6) is 5.75 Å². The molecule has 0 atom stereocenters. The Labute approximate surface area is 90.8 Å². The molecule has 0 aliphatic heterocycles. The van der Waals surface area contributed by atoms with Crippen LogP contribution in [0.15, 0.2) is 18.2 Å². The Morgan fingerprint density at radius 2 is 1.87 bits per heavy atom. The van der Waals surface area contributed by atoms with Gasteiger partial charge in [0.1, 0.15) is 5.75 Å². The van der Waals surface area contributed by atoms with Gasteiger partial charge in [-0.25, -0.2) is 0 Å². The molecule has 0 aliphatic rings. The topological polar surface area (TPSA) is 9.23 Å². The fourth-order valence-electron chi connectivity index (χ4n) is 1.16. The quantitative estimate of drug-likeness (QED) is 0.744. The maximum atomic E-state index is 11.9. The van der Waals surface area contributed by atoms with Crippen LogP contribution in [-0.2, 0) is 0 Å². The number of alkyl halides is 3. The van der Waals surface area contributed by atoms with Gasteiger partial charge >= 0.3 is 6.36 Å². The summed E-state index contributed by atoms with van der Waals surface area (Å²) >= 11 is 5.83. The predicted molar refractivity (Wildman–Crippen MR) is 52.2 cm³/mol. The molecule has 0 radical (unpaired) electrons. The van der Waals surface area contributed by atoms with E-state index < -0.39 is 6.36 Å². The van der Waals surface area contributed by atoms with Crippen molar-refractivity contribution >= 4 is 11.6 Å². The summed E-state index contributed by atoms with van der Waals surface area (Å²) in [6.07, 6.45) is -4.66. The lowest BCUT2D eigenvalue weighted by Gasteiger charge is -2.12. The third-order valence-corrected chi connectivity index (χ3v) is 2.17. The standard InChI is InChI=1S/C10H10ClF3O/c1-6(2)8-5-7(3-4-9(8)11)15-10(12,13)14/h3-6H,1-2H3. The molecule has 0 saturated heterocycles. The Bertz CT molecular complexity index is 347. The molecule has 0 aromatic heterocycles. The first kappa shape index (κ1) is 12.2. The zero-order chi connectivity index (χ0) is 11.6. The summed E-state index contributed by atoms with van der Waals surface area (Å²) in [7, 11) is 0. The minimum absolute atomic E-state index is 0.0503.